The lowest BCUT2D eigenvalue weighted by Gasteiger charge is -2.24. The number of nitrogens with one attached hydrogen (secondary N) is 1. The summed E-state index contributed by atoms with van der Waals surface area (Å²) < 4.78 is 13.9. The van der Waals surface area contributed by atoms with Gasteiger partial charge in [-0.2, -0.15) is 5.10 Å². The van der Waals surface area contributed by atoms with Crippen molar-refractivity contribution in [2.45, 2.75) is 25.3 Å². The number of benzene rings is 1. The van der Waals surface area contributed by atoms with E-state index in [1.807, 2.05) is 29.2 Å². The van der Waals surface area contributed by atoms with Gasteiger partial charge < -0.3 is 4.90 Å². The zero-order valence-electron chi connectivity index (χ0n) is 14.2. The molecule has 1 fully saturated rings. The molecule has 1 atom stereocenters. The highest BCUT2D eigenvalue weighted by molar-refractivity contribution is 5.92. The maximum atomic E-state index is 13.9. The molecule has 5 nitrogen and oxygen atoms in total. The fraction of sp³-hybridized carbons (Fsp3) is 0.250. The Labute approximate surface area is 150 Å². The standard InChI is InChI=1S/C20H19FN4O/c21-16-7-2-1-5-14(16)13-15-6-3-8-17(23-15)19-9-4-12-25(19)20(26)18-10-11-22-24-18/h1-3,5-8,10-11,19H,4,9,12-13H2,(H,22,24). The molecule has 4 rings (SSSR count). The van der Waals surface area contributed by atoms with Crippen molar-refractivity contribution >= 4 is 5.91 Å². The smallest absolute Gasteiger partial charge is 0.272 e. The van der Waals surface area contributed by atoms with Gasteiger partial charge in [-0.3, -0.25) is 14.9 Å². The molecule has 26 heavy (non-hydrogen) atoms. The highest BCUT2D eigenvalue weighted by Crippen LogP contribution is 2.32. The van der Waals surface area contributed by atoms with Gasteiger partial charge in [0.05, 0.1) is 11.7 Å². The summed E-state index contributed by atoms with van der Waals surface area (Å²) in [5.74, 6) is -0.289. The van der Waals surface area contributed by atoms with Crippen LogP contribution in [0.25, 0.3) is 0 Å². The molecule has 1 unspecified atom stereocenters. The number of rotatable bonds is 4. The first kappa shape index (κ1) is 16.4. The summed E-state index contributed by atoms with van der Waals surface area (Å²) >= 11 is 0. The Hall–Kier alpha value is -3.02. The lowest BCUT2D eigenvalue weighted by atomic mass is 10.1. The van der Waals surface area contributed by atoms with Gasteiger partial charge in [0, 0.05) is 24.9 Å². The number of aromatic amines is 1. The van der Waals surface area contributed by atoms with Gasteiger partial charge in [-0.05, 0) is 42.7 Å². The number of H-pyrrole nitrogens is 1. The van der Waals surface area contributed by atoms with Gasteiger partial charge in [0.1, 0.15) is 11.5 Å². The second-order valence-corrected chi connectivity index (χ2v) is 6.45. The lowest BCUT2D eigenvalue weighted by Crippen LogP contribution is -2.31. The summed E-state index contributed by atoms with van der Waals surface area (Å²) in [5, 5.41) is 6.59. The van der Waals surface area contributed by atoms with E-state index < -0.39 is 0 Å². The Balaban J connectivity index is 1.57. The predicted octanol–water partition coefficient (Wildman–Crippen LogP) is 3.51. The summed E-state index contributed by atoms with van der Waals surface area (Å²) in [7, 11) is 0. The molecule has 1 aliphatic rings. The number of nitrogens with zero attached hydrogens (tertiary/aromatic N) is 3. The largest absolute Gasteiger partial charge is 0.329 e. The monoisotopic (exact) mass is 350 g/mol. The van der Waals surface area contributed by atoms with Crippen LogP contribution in [-0.2, 0) is 6.42 Å². The van der Waals surface area contributed by atoms with Crippen LogP contribution in [0.2, 0.25) is 0 Å². The normalized spacial score (nSPS) is 16.8. The highest BCUT2D eigenvalue weighted by atomic mass is 19.1. The molecule has 3 heterocycles. The number of amides is 1. The fourth-order valence-electron chi connectivity index (χ4n) is 3.47. The van der Waals surface area contributed by atoms with Crippen LogP contribution in [0.3, 0.4) is 0 Å². The summed E-state index contributed by atoms with van der Waals surface area (Å²) in [6.45, 7) is 0.696. The third-order valence-electron chi connectivity index (χ3n) is 4.74. The Bertz CT molecular complexity index is 910. The number of carbonyl (C=O) groups is 1. The van der Waals surface area contributed by atoms with Crippen LogP contribution in [0.4, 0.5) is 4.39 Å². The van der Waals surface area contributed by atoms with E-state index in [0.29, 0.717) is 24.2 Å². The van der Waals surface area contributed by atoms with Gasteiger partial charge in [-0.15, -0.1) is 0 Å². The summed E-state index contributed by atoms with van der Waals surface area (Å²) in [6, 6.07) is 14.1. The van der Waals surface area contributed by atoms with Gasteiger partial charge in [-0.1, -0.05) is 24.3 Å². The van der Waals surface area contributed by atoms with E-state index in [4.69, 9.17) is 4.98 Å². The summed E-state index contributed by atoms with van der Waals surface area (Å²) in [5.41, 5.74) is 2.76. The first-order chi connectivity index (χ1) is 12.7. The topological polar surface area (TPSA) is 61.9 Å². The molecule has 132 valence electrons. The maximum absolute atomic E-state index is 13.9. The fourth-order valence-corrected chi connectivity index (χ4v) is 3.47. The number of carbonyl (C=O) groups excluding carboxylic acids is 1. The SMILES string of the molecule is O=C(c1ccn[nH]1)N1CCCC1c1cccc(Cc2ccccc2F)n1. The second-order valence-electron chi connectivity index (χ2n) is 6.45. The predicted molar refractivity (Wildman–Crippen MR) is 95.0 cm³/mol. The molecule has 0 radical (unpaired) electrons. The average Bonchev–Trinajstić information content (AvgIpc) is 3.35. The minimum absolute atomic E-state index is 0.0635. The van der Waals surface area contributed by atoms with Crippen molar-refractivity contribution in [2.75, 3.05) is 6.54 Å². The van der Waals surface area contributed by atoms with Gasteiger partial charge in [-0.25, -0.2) is 4.39 Å². The Morgan fingerprint density at radius 1 is 1.19 bits per heavy atom. The van der Waals surface area contributed by atoms with Gasteiger partial charge >= 0.3 is 0 Å². The number of likely N-dealkylation sites (tertiary alicyclic amines) is 1. The van der Waals surface area contributed by atoms with Crippen molar-refractivity contribution in [3.63, 3.8) is 0 Å². The quantitative estimate of drug-likeness (QED) is 0.783. The van der Waals surface area contributed by atoms with E-state index in [1.54, 1.807) is 24.4 Å². The molecule has 0 spiro atoms. The second kappa shape index (κ2) is 7.07. The molecular weight excluding hydrogens is 331 g/mol. The zero-order valence-corrected chi connectivity index (χ0v) is 14.2. The summed E-state index contributed by atoms with van der Waals surface area (Å²) in [4.78, 5) is 19.2. The Kier molecular flexibility index (Phi) is 4.48. The molecule has 1 N–H and O–H groups in total. The van der Waals surface area contributed by atoms with Crippen LogP contribution in [0.1, 0.15) is 46.3 Å². The van der Waals surface area contributed by atoms with Crippen molar-refractivity contribution in [3.05, 3.63) is 83.2 Å². The minimum atomic E-state index is -0.225. The Morgan fingerprint density at radius 2 is 2.08 bits per heavy atom. The number of hydrogen-bond acceptors (Lipinski definition) is 3. The van der Waals surface area contributed by atoms with E-state index in [1.165, 1.54) is 6.07 Å². The first-order valence-corrected chi connectivity index (χ1v) is 8.72. The third-order valence-corrected chi connectivity index (χ3v) is 4.74. The molecule has 1 amide bonds. The van der Waals surface area contributed by atoms with Gasteiger partial charge in [0.15, 0.2) is 0 Å². The molecule has 0 aliphatic carbocycles. The molecule has 1 aromatic carbocycles. The number of hydrogen-bond donors (Lipinski definition) is 1. The molecule has 1 saturated heterocycles. The molecular formula is C20H19FN4O. The first-order valence-electron chi connectivity index (χ1n) is 8.72. The van der Waals surface area contributed by atoms with E-state index in [-0.39, 0.29) is 17.8 Å². The van der Waals surface area contributed by atoms with Gasteiger partial charge in [0.25, 0.3) is 5.91 Å². The molecule has 0 saturated carbocycles. The third kappa shape index (κ3) is 3.22. The average molecular weight is 350 g/mol. The van der Waals surface area contributed by atoms with Crippen molar-refractivity contribution in [3.8, 4) is 0 Å². The molecule has 6 heteroatoms. The van der Waals surface area contributed by atoms with Crippen LogP contribution in [0.15, 0.2) is 54.7 Å². The lowest BCUT2D eigenvalue weighted by molar-refractivity contribution is 0.0726. The summed E-state index contributed by atoms with van der Waals surface area (Å²) in [6.07, 6.45) is 3.81. The van der Waals surface area contributed by atoms with Crippen molar-refractivity contribution in [1.82, 2.24) is 20.1 Å². The number of pyridine rings is 1. The van der Waals surface area contributed by atoms with Crippen molar-refractivity contribution < 1.29 is 9.18 Å². The van der Waals surface area contributed by atoms with E-state index in [9.17, 15) is 9.18 Å². The van der Waals surface area contributed by atoms with Crippen LogP contribution in [0.5, 0.6) is 0 Å². The maximum Gasteiger partial charge on any atom is 0.272 e. The van der Waals surface area contributed by atoms with Crippen molar-refractivity contribution in [2.24, 2.45) is 0 Å². The zero-order chi connectivity index (χ0) is 17.9. The van der Waals surface area contributed by atoms with E-state index >= 15 is 0 Å². The van der Waals surface area contributed by atoms with E-state index in [2.05, 4.69) is 10.2 Å². The van der Waals surface area contributed by atoms with E-state index in [0.717, 1.165) is 24.2 Å². The Morgan fingerprint density at radius 3 is 2.88 bits per heavy atom. The van der Waals surface area contributed by atoms with Crippen LogP contribution in [0, 0.1) is 5.82 Å². The number of halogens is 1. The molecule has 2 aromatic heterocycles. The van der Waals surface area contributed by atoms with Crippen LogP contribution < -0.4 is 0 Å². The minimum Gasteiger partial charge on any atom is -0.329 e. The van der Waals surface area contributed by atoms with Gasteiger partial charge in [0.2, 0.25) is 0 Å². The highest BCUT2D eigenvalue weighted by Gasteiger charge is 2.32. The molecule has 3 aromatic rings. The van der Waals surface area contributed by atoms with Crippen molar-refractivity contribution in [1.29, 1.82) is 0 Å². The number of aromatic nitrogens is 3. The van der Waals surface area contributed by atoms with Crippen LogP contribution >= 0.6 is 0 Å². The van der Waals surface area contributed by atoms with Crippen LogP contribution in [-0.4, -0.2) is 32.5 Å². The molecule has 1 aliphatic heterocycles. The molecule has 0 bridgehead atoms.